The number of amides is 1. The number of methoxy groups -OCH3 is 1. The van der Waals surface area contributed by atoms with E-state index < -0.39 is 0 Å². The van der Waals surface area contributed by atoms with Gasteiger partial charge in [-0.1, -0.05) is 40.2 Å². The summed E-state index contributed by atoms with van der Waals surface area (Å²) in [4.78, 5) is 19.7. The number of carbonyl (C=O) groups is 1. The molecule has 6 heteroatoms. The average molecular weight is 476 g/mol. The van der Waals surface area contributed by atoms with Crippen molar-refractivity contribution < 1.29 is 9.53 Å². The van der Waals surface area contributed by atoms with Gasteiger partial charge in [0.05, 0.1) is 18.1 Å². The number of ether oxygens (including phenoxy) is 1. The van der Waals surface area contributed by atoms with Gasteiger partial charge in [0.2, 0.25) is 5.91 Å². The summed E-state index contributed by atoms with van der Waals surface area (Å²) in [5.41, 5.74) is 4.15. The third-order valence-corrected chi connectivity index (χ3v) is 6.34. The highest BCUT2D eigenvalue weighted by atomic mass is 79.9. The standard InChI is InChI=1S/C25H22BrN3O2/c1-31-21-12-10-20(11-13-21)28-16-18(14-24(28)30)25-27-22-4-2-3-5-23(22)29(25)15-17-6-8-19(26)9-7-17/h2-13,18H,14-16H2,1H3. The Kier molecular flexibility index (Phi) is 5.24. The van der Waals surface area contributed by atoms with Crippen molar-refractivity contribution in [2.45, 2.75) is 18.9 Å². The van der Waals surface area contributed by atoms with Crippen LogP contribution in [0, 0.1) is 0 Å². The minimum absolute atomic E-state index is 0.0393. The third kappa shape index (κ3) is 3.83. The Labute approximate surface area is 189 Å². The van der Waals surface area contributed by atoms with Crippen LogP contribution in [-0.4, -0.2) is 29.1 Å². The number of rotatable bonds is 5. The molecule has 0 saturated carbocycles. The Morgan fingerprint density at radius 3 is 2.52 bits per heavy atom. The first kappa shape index (κ1) is 19.8. The van der Waals surface area contributed by atoms with E-state index in [2.05, 4.69) is 50.8 Å². The van der Waals surface area contributed by atoms with Crippen LogP contribution in [0.5, 0.6) is 5.75 Å². The number of hydrogen-bond donors (Lipinski definition) is 0. The summed E-state index contributed by atoms with van der Waals surface area (Å²) in [6.45, 7) is 1.34. The van der Waals surface area contributed by atoms with Crippen LogP contribution in [0.3, 0.4) is 0 Å². The maximum atomic E-state index is 12.9. The number of aromatic nitrogens is 2. The van der Waals surface area contributed by atoms with Crippen LogP contribution in [0.1, 0.15) is 23.7 Å². The minimum atomic E-state index is 0.0393. The van der Waals surface area contributed by atoms with Gasteiger partial charge in [0.1, 0.15) is 11.6 Å². The lowest BCUT2D eigenvalue weighted by atomic mass is 10.1. The predicted molar refractivity (Wildman–Crippen MR) is 126 cm³/mol. The van der Waals surface area contributed by atoms with E-state index >= 15 is 0 Å². The van der Waals surface area contributed by atoms with Crippen LogP contribution in [0.4, 0.5) is 5.69 Å². The van der Waals surface area contributed by atoms with Crippen molar-refractivity contribution in [2.24, 2.45) is 0 Å². The normalized spacial score (nSPS) is 16.3. The van der Waals surface area contributed by atoms with Gasteiger partial charge in [-0.25, -0.2) is 4.98 Å². The first-order chi connectivity index (χ1) is 15.1. The molecule has 5 rings (SSSR count). The van der Waals surface area contributed by atoms with Crippen molar-refractivity contribution >= 4 is 38.6 Å². The van der Waals surface area contributed by atoms with Crippen LogP contribution in [0.25, 0.3) is 11.0 Å². The Hall–Kier alpha value is -3.12. The van der Waals surface area contributed by atoms with E-state index in [1.54, 1.807) is 7.11 Å². The molecule has 1 unspecified atom stereocenters. The molecular weight excluding hydrogens is 454 g/mol. The van der Waals surface area contributed by atoms with Crippen molar-refractivity contribution in [3.63, 3.8) is 0 Å². The molecule has 1 aromatic heterocycles. The highest BCUT2D eigenvalue weighted by molar-refractivity contribution is 9.10. The van der Waals surface area contributed by atoms with E-state index in [9.17, 15) is 4.79 Å². The molecule has 1 saturated heterocycles. The zero-order chi connectivity index (χ0) is 21.4. The Morgan fingerprint density at radius 1 is 1.03 bits per heavy atom. The summed E-state index contributed by atoms with van der Waals surface area (Å²) in [5.74, 6) is 1.91. The topological polar surface area (TPSA) is 47.4 Å². The molecule has 0 bridgehead atoms. The first-order valence-corrected chi connectivity index (χ1v) is 11.1. The van der Waals surface area contributed by atoms with Crippen LogP contribution < -0.4 is 9.64 Å². The largest absolute Gasteiger partial charge is 0.497 e. The third-order valence-electron chi connectivity index (χ3n) is 5.81. The van der Waals surface area contributed by atoms with E-state index in [0.29, 0.717) is 13.0 Å². The molecule has 0 aliphatic carbocycles. The number of hydrogen-bond acceptors (Lipinski definition) is 3. The number of nitrogens with zero attached hydrogens (tertiary/aromatic N) is 3. The maximum absolute atomic E-state index is 12.9. The molecule has 1 amide bonds. The van der Waals surface area contributed by atoms with E-state index in [-0.39, 0.29) is 11.8 Å². The monoisotopic (exact) mass is 475 g/mol. The van der Waals surface area contributed by atoms with Gasteiger partial charge in [0, 0.05) is 35.6 Å². The van der Waals surface area contributed by atoms with Gasteiger partial charge in [-0.2, -0.15) is 0 Å². The molecule has 156 valence electrons. The number of para-hydroxylation sites is 2. The first-order valence-electron chi connectivity index (χ1n) is 10.3. The van der Waals surface area contributed by atoms with Crippen LogP contribution in [0.2, 0.25) is 0 Å². The van der Waals surface area contributed by atoms with E-state index in [1.165, 1.54) is 5.56 Å². The van der Waals surface area contributed by atoms with Gasteiger partial charge in [0.25, 0.3) is 0 Å². The van der Waals surface area contributed by atoms with Crippen molar-refractivity contribution in [3.05, 3.63) is 88.7 Å². The second-order valence-electron chi connectivity index (χ2n) is 7.77. The highest BCUT2D eigenvalue weighted by Gasteiger charge is 2.34. The number of anilines is 1. The second kappa shape index (κ2) is 8.19. The molecule has 1 atom stereocenters. The van der Waals surface area contributed by atoms with Crippen molar-refractivity contribution in [1.82, 2.24) is 9.55 Å². The fraction of sp³-hybridized carbons (Fsp3) is 0.200. The van der Waals surface area contributed by atoms with Crippen LogP contribution >= 0.6 is 15.9 Å². The van der Waals surface area contributed by atoms with E-state index in [1.807, 2.05) is 47.4 Å². The molecule has 2 heterocycles. The van der Waals surface area contributed by atoms with Gasteiger partial charge in [-0.3, -0.25) is 4.79 Å². The molecule has 0 spiro atoms. The maximum Gasteiger partial charge on any atom is 0.227 e. The second-order valence-corrected chi connectivity index (χ2v) is 8.69. The molecular formula is C25H22BrN3O2. The SMILES string of the molecule is COc1ccc(N2CC(c3nc4ccccc4n3Cc3ccc(Br)cc3)CC2=O)cc1. The zero-order valence-electron chi connectivity index (χ0n) is 17.2. The van der Waals surface area contributed by atoms with Crippen LogP contribution in [0.15, 0.2) is 77.3 Å². The van der Waals surface area contributed by atoms with Gasteiger partial charge >= 0.3 is 0 Å². The summed E-state index contributed by atoms with van der Waals surface area (Å²) in [7, 11) is 1.64. The summed E-state index contributed by atoms with van der Waals surface area (Å²) < 4.78 is 8.56. The fourth-order valence-electron chi connectivity index (χ4n) is 4.24. The molecule has 0 N–H and O–H groups in total. The van der Waals surface area contributed by atoms with Crippen LogP contribution in [-0.2, 0) is 11.3 Å². The smallest absolute Gasteiger partial charge is 0.227 e. The lowest BCUT2D eigenvalue weighted by Gasteiger charge is -2.18. The molecule has 1 aliphatic heterocycles. The Morgan fingerprint density at radius 2 is 1.77 bits per heavy atom. The number of halogens is 1. The van der Waals surface area contributed by atoms with Gasteiger partial charge in [-0.05, 0) is 54.1 Å². The zero-order valence-corrected chi connectivity index (χ0v) is 18.7. The lowest BCUT2D eigenvalue weighted by Crippen LogP contribution is -2.24. The molecule has 1 aliphatic rings. The fourth-order valence-corrected chi connectivity index (χ4v) is 4.50. The lowest BCUT2D eigenvalue weighted by molar-refractivity contribution is -0.117. The summed E-state index contributed by atoms with van der Waals surface area (Å²) >= 11 is 3.51. The molecule has 31 heavy (non-hydrogen) atoms. The molecule has 0 radical (unpaired) electrons. The number of carbonyl (C=O) groups excluding carboxylic acids is 1. The van der Waals surface area contributed by atoms with Gasteiger partial charge < -0.3 is 14.2 Å². The van der Waals surface area contributed by atoms with E-state index in [4.69, 9.17) is 9.72 Å². The predicted octanol–water partition coefficient (Wildman–Crippen LogP) is 5.38. The summed E-state index contributed by atoms with van der Waals surface area (Å²) in [6, 6.07) is 24.2. The van der Waals surface area contributed by atoms with Crippen molar-refractivity contribution in [3.8, 4) is 5.75 Å². The summed E-state index contributed by atoms with van der Waals surface area (Å²) in [6.07, 6.45) is 0.454. The Balaban J connectivity index is 1.49. The van der Waals surface area contributed by atoms with E-state index in [0.717, 1.165) is 39.3 Å². The molecule has 1 fully saturated rings. The van der Waals surface area contributed by atoms with Crippen molar-refractivity contribution in [2.75, 3.05) is 18.6 Å². The molecule has 5 nitrogen and oxygen atoms in total. The van der Waals surface area contributed by atoms with Gasteiger partial charge in [-0.15, -0.1) is 0 Å². The van der Waals surface area contributed by atoms with Crippen molar-refractivity contribution in [1.29, 1.82) is 0 Å². The minimum Gasteiger partial charge on any atom is -0.497 e. The Bertz CT molecular complexity index is 1230. The number of fused-ring (bicyclic) bond motifs is 1. The molecule has 4 aromatic rings. The quantitative estimate of drug-likeness (QED) is 0.389. The highest BCUT2D eigenvalue weighted by Crippen LogP contribution is 2.34. The number of imidazole rings is 1. The average Bonchev–Trinajstić information content (AvgIpc) is 3.36. The van der Waals surface area contributed by atoms with Gasteiger partial charge in [0.15, 0.2) is 0 Å². The number of benzene rings is 3. The molecule has 3 aromatic carbocycles. The summed E-state index contributed by atoms with van der Waals surface area (Å²) in [5, 5.41) is 0.